The lowest BCUT2D eigenvalue weighted by atomic mass is 9.92. The highest BCUT2D eigenvalue weighted by atomic mass is 15.2. The van der Waals surface area contributed by atoms with E-state index in [1.54, 1.807) is 0 Å². The Hall–Kier alpha value is -8.41. The highest BCUT2D eigenvalue weighted by Crippen LogP contribution is 2.43. The minimum atomic E-state index is 0.559. The first-order valence-electron chi connectivity index (χ1n) is 21.0. The van der Waals surface area contributed by atoms with Crippen LogP contribution in [0.4, 0.5) is 0 Å². The van der Waals surface area contributed by atoms with Gasteiger partial charge in [0.25, 0.3) is 0 Å². The van der Waals surface area contributed by atoms with Crippen LogP contribution >= 0.6 is 0 Å². The largest absolute Gasteiger partial charge is 0.307 e. The molecule has 0 saturated carbocycles. The van der Waals surface area contributed by atoms with Gasteiger partial charge in [-0.3, -0.25) is 4.57 Å². The van der Waals surface area contributed by atoms with Crippen LogP contribution in [0.15, 0.2) is 224 Å². The van der Waals surface area contributed by atoms with Crippen LogP contribution in [0.3, 0.4) is 0 Å². The molecule has 12 rings (SSSR count). The Labute approximate surface area is 358 Å². The molecular formula is C57H37N5. The summed E-state index contributed by atoms with van der Waals surface area (Å²) in [7, 11) is 0. The van der Waals surface area contributed by atoms with E-state index >= 15 is 0 Å². The van der Waals surface area contributed by atoms with E-state index in [9.17, 15) is 0 Å². The van der Waals surface area contributed by atoms with E-state index in [1.165, 1.54) is 22.1 Å². The fraction of sp³-hybridized carbons (Fsp3) is 0. The van der Waals surface area contributed by atoms with Crippen molar-refractivity contribution in [2.45, 2.75) is 0 Å². The number of hydrogen-bond donors (Lipinski definition) is 0. The van der Waals surface area contributed by atoms with Crippen molar-refractivity contribution in [3.8, 4) is 67.8 Å². The maximum atomic E-state index is 5.31. The van der Waals surface area contributed by atoms with Crippen molar-refractivity contribution in [1.29, 1.82) is 0 Å². The fourth-order valence-corrected chi connectivity index (χ4v) is 9.17. The second-order valence-corrected chi connectivity index (χ2v) is 15.6. The highest BCUT2D eigenvalue weighted by molar-refractivity contribution is 6.23. The topological polar surface area (TPSA) is 48.5 Å². The zero-order chi connectivity index (χ0) is 41.0. The average molecular weight is 792 g/mol. The van der Waals surface area contributed by atoms with Gasteiger partial charge in [-0.05, 0) is 63.7 Å². The molecule has 9 aromatic carbocycles. The van der Waals surface area contributed by atoms with Crippen LogP contribution in [-0.2, 0) is 0 Å². The Kier molecular flexibility index (Phi) is 8.42. The molecule has 0 saturated heterocycles. The Bertz CT molecular complexity index is 3550. The first-order chi connectivity index (χ1) is 30.8. The summed E-state index contributed by atoms with van der Waals surface area (Å²) in [6.07, 6.45) is 0. The molecule has 0 unspecified atom stereocenters. The van der Waals surface area contributed by atoms with Crippen LogP contribution in [0.5, 0.6) is 0 Å². The third-order valence-corrected chi connectivity index (χ3v) is 12.0. The lowest BCUT2D eigenvalue weighted by Gasteiger charge is -2.17. The van der Waals surface area contributed by atoms with Crippen LogP contribution < -0.4 is 0 Å². The van der Waals surface area contributed by atoms with Crippen molar-refractivity contribution >= 4 is 43.6 Å². The number of para-hydroxylation sites is 2. The molecule has 290 valence electrons. The quantitative estimate of drug-likeness (QED) is 0.162. The van der Waals surface area contributed by atoms with Gasteiger partial charge in [0.05, 0.1) is 22.1 Å². The van der Waals surface area contributed by atoms with Crippen LogP contribution in [0.1, 0.15) is 0 Å². The molecule has 0 N–H and O–H groups in total. The Morgan fingerprint density at radius 3 is 1.26 bits per heavy atom. The molecule has 0 bridgehead atoms. The maximum absolute atomic E-state index is 5.31. The van der Waals surface area contributed by atoms with Gasteiger partial charge in [0.1, 0.15) is 0 Å². The van der Waals surface area contributed by atoms with E-state index in [4.69, 9.17) is 15.0 Å². The molecule has 0 spiro atoms. The van der Waals surface area contributed by atoms with Gasteiger partial charge in [-0.1, -0.05) is 194 Å². The first kappa shape index (κ1) is 35.5. The Balaban J connectivity index is 1.21. The van der Waals surface area contributed by atoms with Crippen molar-refractivity contribution in [3.05, 3.63) is 224 Å². The smallest absolute Gasteiger partial charge is 0.238 e. The number of nitrogens with zero attached hydrogens (tertiary/aromatic N) is 5. The van der Waals surface area contributed by atoms with Gasteiger partial charge >= 0.3 is 0 Å². The average Bonchev–Trinajstić information content (AvgIpc) is 3.88. The summed E-state index contributed by atoms with van der Waals surface area (Å²) < 4.78 is 4.72. The fourth-order valence-electron chi connectivity index (χ4n) is 9.17. The summed E-state index contributed by atoms with van der Waals surface area (Å²) >= 11 is 0. The molecule has 5 heteroatoms. The van der Waals surface area contributed by atoms with Crippen molar-refractivity contribution in [2.24, 2.45) is 0 Å². The van der Waals surface area contributed by atoms with Crippen LogP contribution in [-0.4, -0.2) is 24.1 Å². The molecule has 0 atom stereocenters. The summed E-state index contributed by atoms with van der Waals surface area (Å²) in [6.45, 7) is 0. The van der Waals surface area contributed by atoms with Gasteiger partial charge in [-0.15, -0.1) is 0 Å². The van der Waals surface area contributed by atoms with Gasteiger partial charge in [0.2, 0.25) is 5.95 Å². The molecule has 3 heterocycles. The second kappa shape index (κ2) is 14.7. The minimum Gasteiger partial charge on any atom is -0.307 e. The van der Waals surface area contributed by atoms with E-state index in [-0.39, 0.29) is 0 Å². The van der Waals surface area contributed by atoms with Crippen molar-refractivity contribution < 1.29 is 0 Å². The van der Waals surface area contributed by atoms with E-state index in [0.717, 1.165) is 71.7 Å². The van der Waals surface area contributed by atoms with Gasteiger partial charge in [0, 0.05) is 38.4 Å². The summed E-state index contributed by atoms with van der Waals surface area (Å²) in [5.74, 6) is 1.79. The third-order valence-electron chi connectivity index (χ3n) is 12.0. The Morgan fingerprint density at radius 2 is 0.694 bits per heavy atom. The summed E-state index contributed by atoms with van der Waals surface area (Å²) in [6, 6.07) is 79.4. The number of rotatable bonds is 7. The van der Waals surface area contributed by atoms with Crippen LogP contribution in [0, 0.1) is 0 Å². The molecule has 0 aliphatic rings. The standard InChI is InChI=1S/C57H37N5/c1-5-19-38(20-6-1)42-35-43(46-28-14-13-27-45(46)39-21-7-2-8-22-39)37-44(36-42)61-51-31-17-15-29-47(51)49-33-34-50-48-30-16-18-32-52(48)62(54(50)53(49)61)57-59-55(40-23-9-3-10-24-40)58-56(60-57)41-25-11-4-12-26-41/h1-37H. The molecule has 5 nitrogen and oxygen atoms in total. The van der Waals surface area contributed by atoms with Gasteiger partial charge < -0.3 is 4.57 Å². The minimum absolute atomic E-state index is 0.559. The van der Waals surface area contributed by atoms with E-state index in [2.05, 4.69) is 197 Å². The lowest BCUT2D eigenvalue weighted by Crippen LogP contribution is -2.07. The molecule has 0 aliphatic heterocycles. The normalized spacial score (nSPS) is 11.5. The molecule has 3 aromatic heterocycles. The van der Waals surface area contributed by atoms with Crippen LogP contribution in [0.2, 0.25) is 0 Å². The molecule has 0 aliphatic carbocycles. The molecular weight excluding hydrogens is 755 g/mol. The van der Waals surface area contributed by atoms with Gasteiger partial charge in [-0.2, -0.15) is 9.97 Å². The summed E-state index contributed by atoms with van der Waals surface area (Å²) in [5.41, 5.74) is 14.1. The zero-order valence-electron chi connectivity index (χ0n) is 33.6. The van der Waals surface area contributed by atoms with Crippen molar-refractivity contribution in [2.75, 3.05) is 0 Å². The highest BCUT2D eigenvalue weighted by Gasteiger charge is 2.24. The molecule has 0 fully saturated rings. The molecule has 0 amide bonds. The number of fused-ring (bicyclic) bond motifs is 7. The van der Waals surface area contributed by atoms with Gasteiger partial charge in [0.15, 0.2) is 11.6 Å². The van der Waals surface area contributed by atoms with Crippen LogP contribution in [0.25, 0.3) is 111 Å². The monoisotopic (exact) mass is 791 g/mol. The van der Waals surface area contributed by atoms with E-state index < -0.39 is 0 Å². The Morgan fingerprint density at radius 1 is 0.274 bits per heavy atom. The summed E-state index contributed by atoms with van der Waals surface area (Å²) in [5, 5.41) is 4.56. The lowest BCUT2D eigenvalue weighted by molar-refractivity contribution is 0.953. The number of hydrogen-bond acceptors (Lipinski definition) is 3. The predicted molar refractivity (Wildman–Crippen MR) is 256 cm³/mol. The third kappa shape index (κ3) is 5.90. The number of aromatic nitrogens is 5. The second-order valence-electron chi connectivity index (χ2n) is 15.6. The van der Waals surface area contributed by atoms with Crippen molar-refractivity contribution in [1.82, 2.24) is 24.1 Å². The molecule has 12 aromatic rings. The van der Waals surface area contributed by atoms with Crippen molar-refractivity contribution in [3.63, 3.8) is 0 Å². The SMILES string of the molecule is c1ccc(-c2cc(-c3ccccc3-c3ccccc3)cc(-n3c4ccccc4c4ccc5c6ccccc6n(-c6nc(-c7ccccc7)nc(-c7ccccc7)n6)c5c43)c2)cc1. The first-order valence-corrected chi connectivity index (χ1v) is 21.0. The summed E-state index contributed by atoms with van der Waals surface area (Å²) in [4.78, 5) is 15.7. The van der Waals surface area contributed by atoms with E-state index in [0.29, 0.717) is 17.6 Å². The van der Waals surface area contributed by atoms with E-state index in [1.807, 2.05) is 36.4 Å². The predicted octanol–water partition coefficient (Wildman–Crippen LogP) is 14.4. The number of benzene rings is 9. The van der Waals surface area contributed by atoms with Gasteiger partial charge in [-0.25, -0.2) is 4.98 Å². The zero-order valence-corrected chi connectivity index (χ0v) is 33.6. The molecule has 62 heavy (non-hydrogen) atoms. The molecule has 0 radical (unpaired) electrons. The maximum Gasteiger partial charge on any atom is 0.238 e.